The minimum Gasteiger partial charge on any atom is -0.508 e. The van der Waals surface area contributed by atoms with E-state index in [-0.39, 0.29) is 11.7 Å². The largest absolute Gasteiger partial charge is 0.508 e. The highest BCUT2D eigenvalue weighted by Gasteiger charge is 2.32. The van der Waals surface area contributed by atoms with Crippen molar-refractivity contribution in [3.05, 3.63) is 77.2 Å². The third-order valence-corrected chi connectivity index (χ3v) is 4.62. The summed E-state index contributed by atoms with van der Waals surface area (Å²) in [6.07, 6.45) is 3.57. The summed E-state index contributed by atoms with van der Waals surface area (Å²) in [4.78, 5) is 19.5. The first kappa shape index (κ1) is 17.0. The Balaban J connectivity index is 1.94. The second-order valence-electron chi connectivity index (χ2n) is 5.64. The van der Waals surface area contributed by atoms with Crippen LogP contribution in [0.1, 0.15) is 11.1 Å². The van der Waals surface area contributed by atoms with E-state index < -0.39 is 0 Å². The molecule has 1 aliphatic rings. The van der Waals surface area contributed by atoms with Gasteiger partial charge in [-0.2, -0.15) is 0 Å². The normalized spacial score (nSPS) is 17.5. The van der Waals surface area contributed by atoms with Gasteiger partial charge in [-0.15, -0.1) is 6.58 Å². The summed E-state index contributed by atoms with van der Waals surface area (Å²) in [5.74, 6) is 0.103. The first-order valence-corrected chi connectivity index (χ1v) is 8.65. The molecule has 0 aliphatic carbocycles. The smallest absolute Gasteiger partial charge is 0.267 e. The van der Waals surface area contributed by atoms with Gasteiger partial charge in [0, 0.05) is 6.54 Å². The summed E-state index contributed by atoms with van der Waals surface area (Å²) >= 11 is 1.34. The Labute approximate surface area is 151 Å². The van der Waals surface area contributed by atoms with Crippen molar-refractivity contribution in [1.29, 1.82) is 0 Å². The van der Waals surface area contributed by atoms with Crippen LogP contribution in [0.2, 0.25) is 0 Å². The Kier molecular flexibility index (Phi) is 5.05. The molecule has 1 N–H and O–H groups in total. The lowest BCUT2D eigenvalue weighted by Crippen LogP contribution is -2.29. The molecule has 25 heavy (non-hydrogen) atoms. The second kappa shape index (κ2) is 7.40. The topological polar surface area (TPSA) is 52.9 Å². The fraction of sp³-hybridized carbons (Fsp3) is 0.100. The molecule has 0 spiro atoms. The summed E-state index contributed by atoms with van der Waals surface area (Å²) < 4.78 is 0. The summed E-state index contributed by atoms with van der Waals surface area (Å²) in [7, 11) is 0. The lowest BCUT2D eigenvalue weighted by atomic mass is 10.1. The molecule has 1 heterocycles. The highest BCUT2D eigenvalue weighted by molar-refractivity contribution is 8.18. The van der Waals surface area contributed by atoms with E-state index in [1.807, 2.05) is 37.3 Å². The molecule has 1 aliphatic heterocycles. The maximum atomic E-state index is 12.7. The number of aromatic hydroxyl groups is 1. The SMILES string of the molecule is C=CCN1C(=O)/C(=C/c2cccc(C)c2)SC1=Nc1ccc(O)cc1. The van der Waals surface area contributed by atoms with Gasteiger partial charge >= 0.3 is 0 Å². The number of aliphatic imine (C=N–C) groups is 1. The summed E-state index contributed by atoms with van der Waals surface area (Å²) in [5.41, 5.74) is 2.81. The van der Waals surface area contributed by atoms with E-state index >= 15 is 0 Å². The lowest BCUT2D eigenvalue weighted by molar-refractivity contribution is -0.121. The number of aryl methyl sites for hydroxylation is 1. The van der Waals surface area contributed by atoms with Gasteiger partial charge in [-0.1, -0.05) is 35.9 Å². The molecule has 0 unspecified atom stereocenters. The summed E-state index contributed by atoms with van der Waals surface area (Å²) in [6.45, 7) is 6.14. The Morgan fingerprint density at radius 3 is 2.68 bits per heavy atom. The van der Waals surface area contributed by atoms with Gasteiger partial charge in [0.15, 0.2) is 5.17 Å². The predicted molar refractivity (Wildman–Crippen MR) is 104 cm³/mol. The van der Waals surface area contributed by atoms with E-state index in [1.165, 1.54) is 11.8 Å². The lowest BCUT2D eigenvalue weighted by Gasteiger charge is -2.12. The molecular weight excluding hydrogens is 332 g/mol. The molecule has 0 aromatic heterocycles. The fourth-order valence-corrected chi connectivity index (χ4v) is 3.44. The van der Waals surface area contributed by atoms with Gasteiger partial charge in [-0.3, -0.25) is 9.69 Å². The number of amidine groups is 1. The number of hydrogen-bond acceptors (Lipinski definition) is 4. The van der Waals surface area contributed by atoms with Gasteiger partial charge in [-0.05, 0) is 54.6 Å². The van der Waals surface area contributed by atoms with Crippen LogP contribution >= 0.6 is 11.8 Å². The number of phenols is 1. The third kappa shape index (κ3) is 4.00. The highest BCUT2D eigenvalue weighted by Crippen LogP contribution is 2.34. The van der Waals surface area contributed by atoms with E-state index in [0.29, 0.717) is 22.3 Å². The molecule has 0 bridgehead atoms. The van der Waals surface area contributed by atoms with Crippen molar-refractivity contribution in [3.63, 3.8) is 0 Å². The van der Waals surface area contributed by atoms with Gasteiger partial charge in [0.05, 0.1) is 10.6 Å². The van der Waals surface area contributed by atoms with Gasteiger partial charge < -0.3 is 5.11 Å². The number of amides is 1. The van der Waals surface area contributed by atoms with Crippen molar-refractivity contribution in [1.82, 2.24) is 4.90 Å². The van der Waals surface area contributed by atoms with Crippen molar-refractivity contribution in [3.8, 4) is 5.75 Å². The Bertz CT molecular complexity index is 870. The van der Waals surface area contributed by atoms with Gasteiger partial charge in [0.1, 0.15) is 5.75 Å². The molecule has 0 radical (unpaired) electrons. The van der Waals surface area contributed by atoms with Gasteiger partial charge in [-0.25, -0.2) is 4.99 Å². The average Bonchev–Trinajstić information content (AvgIpc) is 2.86. The van der Waals surface area contributed by atoms with Gasteiger partial charge in [0.25, 0.3) is 5.91 Å². The van der Waals surface area contributed by atoms with Crippen LogP contribution in [0, 0.1) is 6.92 Å². The first-order valence-electron chi connectivity index (χ1n) is 7.83. The third-order valence-electron chi connectivity index (χ3n) is 3.61. The number of rotatable bonds is 4. The van der Waals surface area contributed by atoms with Crippen LogP contribution in [0.25, 0.3) is 6.08 Å². The maximum absolute atomic E-state index is 12.7. The standard InChI is InChI=1S/C20H18N2O2S/c1-3-11-22-19(24)18(13-15-6-4-5-14(2)12-15)25-20(22)21-16-7-9-17(23)10-8-16/h3-10,12-13,23H,1,11H2,2H3/b18-13-,21-20?. The Morgan fingerprint density at radius 1 is 1.24 bits per heavy atom. The van der Waals surface area contributed by atoms with E-state index in [0.717, 1.165) is 11.1 Å². The number of carbonyl (C=O) groups excluding carboxylic acids is 1. The monoisotopic (exact) mass is 350 g/mol. The predicted octanol–water partition coefficient (Wildman–Crippen LogP) is 4.49. The highest BCUT2D eigenvalue weighted by atomic mass is 32.2. The zero-order chi connectivity index (χ0) is 17.8. The van der Waals surface area contributed by atoms with Crippen LogP contribution in [-0.2, 0) is 4.79 Å². The molecule has 0 saturated carbocycles. The Morgan fingerprint density at radius 2 is 2.00 bits per heavy atom. The molecule has 1 amide bonds. The van der Waals surface area contributed by atoms with Crippen molar-refractivity contribution in [2.24, 2.45) is 4.99 Å². The van der Waals surface area contributed by atoms with Crippen molar-refractivity contribution in [2.45, 2.75) is 6.92 Å². The molecule has 4 nitrogen and oxygen atoms in total. The van der Waals surface area contributed by atoms with E-state index in [9.17, 15) is 9.90 Å². The number of carbonyl (C=O) groups is 1. The minimum atomic E-state index is -0.0797. The molecule has 2 aromatic rings. The van der Waals surface area contributed by atoms with Crippen LogP contribution < -0.4 is 0 Å². The van der Waals surface area contributed by atoms with Crippen molar-refractivity contribution < 1.29 is 9.90 Å². The number of benzene rings is 2. The quantitative estimate of drug-likeness (QED) is 0.653. The van der Waals surface area contributed by atoms with E-state index in [2.05, 4.69) is 11.6 Å². The van der Waals surface area contributed by atoms with Gasteiger partial charge in [0.2, 0.25) is 0 Å². The molecule has 5 heteroatoms. The Hall–Kier alpha value is -2.79. The van der Waals surface area contributed by atoms with Crippen LogP contribution in [0.3, 0.4) is 0 Å². The van der Waals surface area contributed by atoms with Crippen molar-refractivity contribution in [2.75, 3.05) is 6.54 Å². The van der Waals surface area contributed by atoms with Crippen LogP contribution in [-0.4, -0.2) is 27.6 Å². The number of hydrogen-bond donors (Lipinski definition) is 1. The molecule has 0 atom stereocenters. The molecular formula is C20H18N2O2S. The second-order valence-corrected chi connectivity index (χ2v) is 6.65. The number of thioether (sulfide) groups is 1. The number of nitrogens with zero attached hydrogens (tertiary/aromatic N) is 2. The molecule has 1 saturated heterocycles. The fourth-order valence-electron chi connectivity index (χ4n) is 2.43. The van der Waals surface area contributed by atoms with Crippen LogP contribution in [0.15, 0.2) is 71.1 Å². The van der Waals surface area contributed by atoms with Crippen LogP contribution in [0.4, 0.5) is 5.69 Å². The molecule has 2 aromatic carbocycles. The minimum absolute atomic E-state index is 0.0797. The zero-order valence-corrected chi connectivity index (χ0v) is 14.7. The van der Waals surface area contributed by atoms with E-state index in [4.69, 9.17) is 0 Å². The summed E-state index contributed by atoms with van der Waals surface area (Å²) in [6, 6.07) is 14.6. The summed E-state index contributed by atoms with van der Waals surface area (Å²) in [5, 5.41) is 9.99. The molecule has 3 rings (SSSR count). The van der Waals surface area contributed by atoms with Crippen molar-refractivity contribution >= 4 is 34.6 Å². The molecule has 126 valence electrons. The first-order chi connectivity index (χ1) is 12.1. The molecule has 1 fully saturated rings. The average molecular weight is 350 g/mol. The maximum Gasteiger partial charge on any atom is 0.267 e. The van der Waals surface area contributed by atoms with Crippen LogP contribution in [0.5, 0.6) is 5.75 Å². The number of phenolic OH excluding ortho intramolecular Hbond substituents is 1. The van der Waals surface area contributed by atoms with E-state index in [1.54, 1.807) is 35.2 Å². The zero-order valence-electron chi connectivity index (χ0n) is 13.8.